The molecule has 1 heterocycles. The molecule has 3 rings (SSSR count). The molecular weight excluding hydrogens is 390 g/mol. The van der Waals surface area contributed by atoms with E-state index in [2.05, 4.69) is 10.3 Å². The van der Waals surface area contributed by atoms with E-state index in [9.17, 15) is 0 Å². The number of imidazole rings is 1. The molecule has 0 saturated carbocycles. The third-order valence-corrected chi connectivity index (χ3v) is 4.17. The second kappa shape index (κ2) is 10.5. The highest BCUT2D eigenvalue weighted by Gasteiger charge is 2.08. The molecule has 9 nitrogen and oxygen atoms in total. The summed E-state index contributed by atoms with van der Waals surface area (Å²) in [6.07, 6.45) is 1.87. The Morgan fingerprint density at radius 2 is 1.43 bits per heavy atom. The fourth-order valence-corrected chi connectivity index (χ4v) is 2.53. The molecule has 0 spiro atoms. The minimum atomic E-state index is -1.82. The SMILES string of the molecule is COc1ccc(CNc2ncc(-c3ccc(OC)cc3)n2C)cc1.O=C(O)C(=O)O. The molecule has 1 aromatic heterocycles. The van der Waals surface area contributed by atoms with E-state index in [4.69, 9.17) is 29.3 Å². The number of carboxylic acid groups (broad SMARTS) is 2. The van der Waals surface area contributed by atoms with Crippen molar-refractivity contribution in [1.82, 2.24) is 9.55 Å². The van der Waals surface area contributed by atoms with Gasteiger partial charge in [0.05, 0.1) is 26.1 Å². The Balaban J connectivity index is 0.000000469. The second-order valence-electron chi connectivity index (χ2n) is 6.07. The van der Waals surface area contributed by atoms with Crippen LogP contribution >= 0.6 is 0 Å². The standard InChI is InChI=1S/C19H21N3O2.C2H2O4/c1-22-18(15-6-10-17(24-3)11-7-15)13-21-19(22)20-12-14-4-8-16(23-2)9-5-14;3-1(4)2(5)6/h4-11,13H,12H2,1-3H3,(H,20,21);(H,3,4)(H,5,6). The first-order valence-electron chi connectivity index (χ1n) is 8.84. The van der Waals surface area contributed by atoms with Crippen molar-refractivity contribution in [2.75, 3.05) is 19.5 Å². The average Bonchev–Trinajstić information content (AvgIpc) is 3.13. The van der Waals surface area contributed by atoms with Gasteiger partial charge in [0, 0.05) is 19.2 Å². The fraction of sp³-hybridized carbons (Fsp3) is 0.190. The lowest BCUT2D eigenvalue weighted by atomic mass is 10.1. The number of methoxy groups -OCH3 is 2. The molecule has 3 N–H and O–H groups in total. The normalized spacial score (nSPS) is 9.83. The van der Waals surface area contributed by atoms with Crippen LogP contribution in [-0.2, 0) is 23.2 Å². The van der Waals surface area contributed by atoms with Gasteiger partial charge in [-0.1, -0.05) is 12.1 Å². The highest BCUT2D eigenvalue weighted by Crippen LogP contribution is 2.24. The summed E-state index contributed by atoms with van der Waals surface area (Å²) < 4.78 is 12.4. The van der Waals surface area contributed by atoms with Crippen molar-refractivity contribution >= 4 is 17.9 Å². The molecule has 0 saturated heterocycles. The molecule has 0 radical (unpaired) electrons. The molecular formula is C21H23N3O6. The van der Waals surface area contributed by atoms with Crippen LogP contribution < -0.4 is 14.8 Å². The van der Waals surface area contributed by atoms with Crippen LogP contribution in [0.4, 0.5) is 5.95 Å². The van der Waals surface area contributed by atoms with Crippen LogP contribution in [0.2, 0.25) is 0 Å². The topological polar surface area (TPSA) is 123 Å². The molecule has 0 aliphatic rings. The zero-order valence-corrected chi connectivity index (χ0v) is 16.8. The number of benzene rings is 2. The van der Waals surface area contributed by atoms with E-state index < -0.39 is 11.9 Å². The Morgan fingerprint density at radius 1 is 0.933 bits per heavy atom. The average molecular weight is 413 g/mol. The van der Waals surface area contributed by atoms with Gasteiger partial charge in [-0.3, -0.25) is 0 Å². The first kappa shape index (κ1) is 22.3. The monoisotopic (exact) mass is 413 g/mol. The molecule has 0 fully saturated rings. The van der Waals surface area contributed by atoms with Crippen LogP contribution in [0, 0.1) is 0 Å². The Hall–Kier alpha value is -4.01. The van der Waals surface area contributed by atoms with Crippen LogP contribution in [0.25, 0.3) is 11.3 Å². The van der Waals surface area contributed by atoms with Gasteiger partial charge in [0.25, 0.3) is 0 Å². The van der Waals surface area contributed by atoms with Crippen molar-refractivity contribution in [3.63, 3.8) is 0 Å². The van der Waals surface area contributed by atoms with Gasteiger partial charge in [0.1, 0.15) is 11.5 Å². The molecule has 158 valence electrons. The van der Waals surface area contributed by atoms with Crippen LogP contribution in [0.5, 0.6) is 11.5 Å². The largest absolute Gasteiger partial charge is 0.497 e. The number of hydrogen-bond donors (Lipinski definition) is 3. The second-order valence-corrected chi connectivity index (χ2v) is 6.07. The maximum absolute atomic E-state index is 9.10. The van der Waals surface area contributed by atoms with Gasteiger partial charge in [-0.2, -0.15) is 0 Å². The first-order chi connectivity index (χ1) is 14.3. The third-order valence-electron chi connectivity index (χ3n) is 4.17. The summed E-state index contributed by atoms with van der Waals surface area (Å²) in [5, 5.41) is 18.1. The minimum absolute atomic E-state index is 0.705. The van der Waals surface area contributed by atoms with Crippen LogP contribution in [0.15, 0.2) is 54.7 Å². The number of carboxylic acids is 2. The van der Waals surface area contributed by atoms with Gasteiger partial charge in [-0.15, -0.1) is 0 Å². The molecule has 0 atom stereocenters. The summed E-state index contributed by atoms with van der Waals surface area (Å²) in [5.74, 6) is -1.11. The zero-order chi connectivity index (χ0) is 22.1. The number of nitrogens with one attached hydrogen (secondary N) is 1. The number of hydrogen-bond acceptors (Lipinski definition) is 6. The van der Waals surface area contributed by atoms with Gasteiger partial charge < -0.3 is 29.6 Å². The van der Waals surface area contributed by atoms with Gasteiger partial charge in [0.15, 0.2) is 0 Å². The molecule has 0 aliphatic carbocycles. The van der Waals surface area contributed by atoms with E-state index in [1.54, 1.807) is 14.2 Å². The van der Waals surface area contributed by atoms with Gasteiger partial charge in [-0.25, -0.2) is 14.6 Å². The summed E-state index contributed by atoms with van der Waals surface area (Å²) in [4.78, 5) is 22.7. The number of anilines is 1. The van der Waals surface area contributed by atoms with Crippen molar-refractivity contribution < 1.29 is 29.3 Å². The lowest BCUT2D eigenvalue weighted by Crippen LogP contribution is -2.09. The Bertz CT molecular complexity index is 969. The third kappa shape index (κ3) is 5.99. The molecule has 0 unspecified atom stereocenters. The molecule has 0 amide bonds. The Morgan fingerprint density at radius 3 is 1.90 bits per heavy atom. The number of rotatable bonds is 6. The van der Waals surface area contributed by atoms with Crippen molar-refractivity contribution in [1.29, 1.82) is 0 Å². The van der Waals surface area contributed by atoms with E-state index >= 15 is 0 Å². The number of ether oxygens (including phenoxy) is 2. The fourth-order valence-electron chi connectivity index (χ4n) is 2.53. The summed E-state index contributed by atoms with van der Waals surface area (Å²) in [7, 11) is 5.34. The maximum atomic E-state index is 9.10. The number of aliphatic carboxylic acids is 2. The van der Waals surface area contributed by atoms with E-state index in [1.807, 2.05) is 66.3 Å². The van der Waals surface area contributed by atoms with E-state index in [-0.39, 0.29) is 0 Å². The van der Waals surface area contributed by atoms with Gasteiger partial charge in [-0.05, 0) is 42.0 Å². The van der Waals surface area contributed by atoms with Crippen LogP contribution in [-0.4, -0.2) is 45.9 Å². The zero-order valence-electron chi connectivity index (χ0n) is 16.8. The summed E-state index contributed by atoms with van der Waals surface area (Å²) in [6, 6.07) is 16.0. The quantitative estimate of drug-likeness (QED) is 0.527. The Kier molecular flexibility index (Phi) is 7.81. The van der Waals surface area contributed by atoms with E-state index in [1.165, 1.54) is 5.56 Å². The molecule has 0 bridgehead atoms. The predicted molar refractivity (Wildman–Crippen MR) is 111 cm³/mol. The molecule has 2 aromatic carbocycles. The lowest BCUT2D eigenvalue weighted by Gasteiger charge is -2.09. The van der Waals surface area contributed by atoms with Gasteiger partial charge >= 0.3 is 11.9 Å². The van der Waals surface area contributed by atoms with Gasteiger partial charge in [0.2, 0.25) is 5.95 Å². The summed E-state index contributed by atoms with van der Waals surface area (Å²) in [6.45, 7) is 0.705. The van der Waals surface area contributed by atoms with Crippen molar-refractivity contribution in [3.05, 3.63) is 60.3 Å². The highest BCUT2D eigenvalue weighted by molar-refractivity contribution is 6.27. The number of aromatic nitrogens is 2. The van der Waals surface area contributed by atoms with Crippen LogP contribution in [0.3, 0.4) is 0 Å². The summed E-state index contributed by atoms with van der Waals surface area (Å²) in [5.41, 5.74) is 3.32. The summed E-state index contributed by atoms with van der Waals surface area (Å²) >= 11 is 0. The predicted octanol–water partition coefficient (Wildman–Crippen LogP) is 2.87. The smallest absolute Gasteiger partial charge is 0.414 e. The van der Waals surface area contributed by atoms with Crippen LogP contribution in [0.1, 0.15) is 5.56 Å². The highest BCUT2D eigenvalue weighted by atomic mass is 16.5. The lowest BCUT2D eigenvalue weighted by molar-refractivity contribution is -0.159. The van der Waals surface area contributed by atoms with E-state index in [0.29, 0.717) is 6.54 Å². The Labute approximate surface area is 173 Å². The van der Waals surface area contributed by atoms with E-state index in [0.717, 1.165) is 28.7 Å². The van der Waals surface area contributed by atoms with Crippen molar-refractivity contribution in [3.8, 4) is 22.8 Å². The van der Waals surface area contributed by atoms with Crippen molar-refractivity contribution in [2.24, 2.45) is 7.05 Å². The minimum Gasteiger partial charge on any atom is -0.497 e. The molecule has 30 heavy (non-hydrogen) atoms. The first-order valence-corrected chi connectivity index (χ1v) is 8.84. The number of carbonyl (C=O) groups is 2. The number of nitrogens with zero attached hydrogens (tertiary/aromatic N) is 2. The molecule has 9 heteroatoms. The van der Waals surface area contributed by atoms with Crippen molar-refractivity contribution in [2.45, 2.75) is 6.54 Å². The molecule has 0 aliphatic heterocycles. The maximum Gasteiger partial charge on any atom is 0.414 e. The molecule has 3 aromatic rings.